The Morgan fingerprint density at radius 1 is 1.14 bits per heavy atom. The van der Waals surface area contributed by atoms with Crippen LogP contribution in [0.15, 0.2) is 18.3 Å². The lowest BCUT2D eigenvalue weighted by atomic mass is 9.85. The molecule has 2 aromatic rings. The van der Waals surface area contributed by atoms with Crippen molar-refractivity contribution >= 4 is 0 Å². The standard InChI is InChI=1S/C17H22N2O2/c1-10(2)16-18-8-13(19-16)11-6-7-12(17(3,4)5)15-14(11)20-9-21-15/h6-8,10H,9H2,1-5H3,(H,18,19). The predicted octanol–water partition coefficient (Wildman–Crippen LogP) is 4.23. The summed E-state index contributed by atoms with van der Waals surface area (Å²) in [6, 6.07) is 4.21. The third kappa shape index (κ3) is 2.39. The second-order valence-corrected chi connectivity index (χ2v) is 6.81. The van der Waals surface area contributed by atoms with Gasteiger partial charge in [0.25, 0.3) is 0 Å². The zero-order valence-corrected chi connectivity index (χ0v) is 13.3. The SMILES string of the molecule is CC(C)c1ncc(-c2ccc(C(C)(C)C)c3c2OCO3)[nH]1. The summed E-state index contributed by atoms with van der Waals surface area (Å²) in [6.45, 7) is 11.1. The average Bonchev–Trinajstić information content (AvgIpc) is 3.05. The zero-order chi connectivity index (χ0) is 15.2. The average molecular weight is 286 g/mol. The monoisotopic (exact) mass is 286 g/mol. The van der Waals surface area contributed by atoms with Crippen LogP contribution in [0.1, 0.15) is 51.9 Å². The minimum Gasteiger partial charge on any atom is -0.453 e. The number of nitrogens with one attached hydrogen (secondary N) is 1. The quantitative estimate of drug-likeness (QED) is 0.898. The van der Waals surface area contributed by atoms with E-state index in [4.69, 9.17) is 9.47 Å². The van der Waals surface area contributed by atoms with Crippen LogP contribution in [0.5, 0.6) is 11.5 Å². The summed E-state index contributed by atoms with van der Waals surface area (Å²) in [6.07, 6.45) is 1.86. The zero-order valence-electron chi connectivity index (χ0n) is 13.3. The first-order valence-corrected chi connectivity index (χ1v) is 7.36. The number of imidazole rings is 1. The van der Waals surface area contributed by atoms with Gasteiger partial charge < -0.3 is 14.5 Å². The van der Waals surface area contributed by atoms with Gasteiger partial charge in [-0.05, 0) is 11.5 Å². The minimum atomic E-state index is 0.0212. The van der Waals surface area contributed by atoms with E-state index in [2.05, 4.69) is 56.7 Å². The fourth-order valence-electron chi connectivity index (χ4n) is 2.57. The molecule has 112 valence electrons. The molecule has 0 saturated carbocycles. The molecule has 0 saturated heterocycles. The number of fused-ring (bicyclic) bond motifs is 1. The van der Waals surface area contributed by atoms with Crippen molar-refractivity contribution in [1.82, 2.24) is 9.97 Å². The second kappa shape index (κ2) is 4.79. The van der Waals surface area contributed by atoms with Crippen LogP contribution in [0.3, 0.4) is 0 Å². The molecule has 1 aromatic heterocycles. The maximum absolute atomic E-state index is 5.72. The van der Waals surface area contributed by atoms with Crippen molar-refractivity contribution in [2.24, 2.45) is 0 Å². The molecule has 0 bridgehead atoms. The predicted molar refractivity (Wildman–Crippen MR) is 82.9 cm³/mol. The van der Waals surface area contributed by atoms with Crippen LogP contribution in [0.25, 0.3) is 11.3 Å². The van der Waals surface area contributed by atoms with Crippen LogP contribution in [0.4, 0.5) is 0 Å². The molecule has 4 heteroatoms. The highest BCUT2D eigenvalue weighted by Crippen LogP contribution is 2.46. The highest BCUT2D eigenvalue weighted by Gasteiger charge is 2.28. The molecule has 0 radical (unpaired) electrons. The van der Waals surface area contributed by atoms with Gasteiger partial charge in [0.2, 0.25) is 6.79 Å². The lowest BCUT2D eigenvalue weighted by Crippen LogP contribution is -2.12. The van der Waals surface area contributed by atoms with E-state index in [1.165, 1.54) is 5.56 Å². The summed E-state index contributed by atoms with van der Waals surface area (Å²) in [4.78, 5) is 7.81. The molecule has 1 aliphatic rings. The molecule has 1 N–H and O–H groups in total. The van der Waals surface area contributed by atoms with Crippen LogP contribution >= 0.6 is 0 Å². The molecular formula is C17H22N2O2. The first-order chi connectivity index (χ1) is 9.88. The van der Waals surface area contributed by atoms with Gasteiger partial charge in [0, 0.05) is 17.0 Å². The maximum Gasteiger partial charge on any atom is 0.231 e. The number of H-pyrrole nitrogens is 1. The third-order valence-electron chi connectivity index (χ3n) is 3.76. The summed E-state index contributed by atoms with van der Waals surface area (Å²) >= 11 is 0. The number of benzene rings is 1. The first kappa shape index (κ1) is 14.0. The number of hydrogen-bond acceptors (Lipinski definition) is 3. The Morgan fingerprint density at radius 2 is 1.86 bits per heavy atom. The van der Waals surface area contributed by atoms with Crippen molar-refractivity contribution in [2.75, 3.05) is 6.79 Å². The van der Waals surface area contributed by atoms with Crippen molar-refractivity contribution in [2.45, 2.75) is 46.0 Å². The van der Waals surface area contributed by atoms with Crippen LogP contribution in [-0.2, 0) is 5.41 Å². The van der Waals surface area contributed by atoms with Gasteiger partial charge in [0.15, 0.2) is 11.5 Å². The Hall–Kier alpha value is -1.97. The lowest BCUT2D eigenvalue weighted by Gasteiger charge is -2.21. The van der Waals surface area contributed by atoms with Crippen molar-refractivity contribution in [3.63, 3.8) is 0 Å². The smallest absolute Gasteiger partial charge is 0.231 e. The molecule has 0 aliphatic carbocycles. The van der Waals surface area contributed by atoms with Gasteiger partial charge in [-0.1, -0.05) is 40.7 Å². The molecule has 2 heterocycles. The molecule has 3 rings (SSSR count). The van der Waals surface area contributed by atoms with Gasteiger partial charge in [-0.25, -0.2) is 4.98 Å². The number of ether oxygens (including phenoxy) is 2. The van der Waals surface area contributed by atoms with E-state index < -0.39 is 0 Å². The molecule has 0 atom stereocenters. The molecule has 1 aromatic carbocycles. The fraction of sp³-hybridized carbons (Fsp3) is 0.471. The van der Waals surface area contributed by atoms with Gasteiger partial charge in [0.1, 0.15) is 5.82 Å². The van der Waals surface area contributed by atoms with Gasteiger partial charge in [-0.2, -0.15) is 0 Å². The Kier molecular flexibility index (Phi) is 3.19. The molecular weight excluding hydrogens is 264 g/mol. The van der Waals surface area contributed by atoms with Gasteiger partial charge in [-0.3, -0.25) is 0 Å². The van der Waals surface area contributed by atoms with E-state index in [1.54, 1.807) is 0 Å². The molecule has 0 spiro atoms. The molecule has 4 nitrogen and oxygen atoms in total. The van der Waals surface area contributed by atoms with E-state index in [1.807, 2.05) is 6.20 Å². The molecule has 1 aliphatic heterocycles. The Labute approximate surface area is 125 Å². The van der Waals surface area contributed by atoms with Crippen LogP contribution in [0, 0.1) is 0 Å². The lowest BCUT2D eigenvalue weighted by molar-refractivity contribution is 0.172. The van der Waals surface area contributed by atoms with E-state index in [0.717, 1.165) is 28.6 Å². The molecule has 21 heavy (non-hydrogen) atoms. The van der Waals surface area contributed by atoms with Crippen molar-refractivity contribution in [1.29, 1.82) is 0 Å². The summed E-state index contributed by atoms with van der Waals surface area (Å²) in [7, 11) is 0. The van der Waals surface area contributed by atoms with E-state index in [9.17, 15) is 0 Å². The largest absolute Gasteiger partial charge is 0.453 e. The number of nitrogens with zero attached hydrogens (tertiary/aromatic N) is 1. The summed E-state index contributed by atoms with van der Waals surface area (Å²) in [5, 5.41) is 0. The van der Waals surface area contributed by atoms with Crippen LogP contribution in [-0.4, -0.2) is 16.8 Å². The summed E-state index contributed by atoms with van der Waals surface area (Å²) in [5.41, 5.74) is 3.17. The van der Waals surface area contributed by atoms with Crippen LogP contribution < -0.4 is 9.47 Å². The highest BCUT2D eigenvalue weighted by molar-refractivity contribution is 5.73. The number of rotatable bonds is 2. The van der Waals surface area contributed by atoms with Gasteiger partial charge in [0.05, 0.1) is 11.9 Å². The fourth-order valence-corrected chi connectivity index (χ4v) is 2.57. The topological polar surface area (TPSA) is 47.1 Å². The Morgan fingerprint density at radius 3 is 2.48 bits per heavy atom. The number of hydrogen-bond donors (Lipinski definition) is 1. The summed E-state index contributed by atoms with van der Waals surface area (Å²) in [5.74, 6) is 3.04. The number of aromatic amines is 1. The van der Waals surface area contributed by atoms with Gasteiger partial charge >= 0.3 is 0 Å². The van der Waals surface area contributed by atoms with Gasteiger partial charge in [-0.15, -0.1) is 0 Å². The minimum absolute atomic E-state index is 0.0212. The van der Waals surface area contributed by atoms with E-state index in [0.29, 0.717) is 5.92 Å². The Balaban J connectivity index is 2.10. The molecule has 0 unspecified atom stereocenters. The van der Waals surface area contributed by atoms with Crippen LogP contribution in [0.2, 0.25) is 0 Å². The first-order valence-electron chi connectivity index (χ1n) is 7.36. The normalized spacial score (nSPS) is 14.0. The maximum atomic E-state index is 5.72. The highest BCUT2D eigenvalue weighted by atomic mass is 16.7. The molecule has 0 fully saturated rings. The third-order valence-corrected chi connectivity index (χ3v) is 3.76. The number of aromatic nitrogens is 2. The summed E-state index contributed by atoms with van der Waals surface area (Å²) < 4.78 is 11.4. The van der Waals surface area contributed by atoms with Crippen molar-refractivity contribution < 1.29 is 9.47 Å². The Bertz CT molecular complexity index is 666. The second-order valence-electron chi connectivity index (χ2n) is 6.81. The molecule has 0 amide bonds. The van der Waals surface area contributed by atoms with E-state index in [-0.39, 0.29) is 12.2 Å². The van der Waals surface area contributed by atoms with Crippen molar-refractivity contribution in [3.05, 3.63) is 29.7 Å². The van der Waals surface area contributed by atoms with Crippen molar-refractivity contribution in [3.8, 4) is 22.8 Å². The van der Waals surface area contributed by atoms with E-state index >= 15 is 0 Å².